The Kier molecular flexibility index (Phi) is 5.07. The number of carboxylic acid groups (broad SMARTS) is 1. The number of aromatic nitrogens is 1. The minimum absolute atomic E-state index is 0.179. The number of hydrogen-bond donors (Lipinski definition) is 2. The van der Waals surface area contributed by atoms with Crippen LogP contribution in [0, 0.1) is 6.92 Å². The summed E-state index contributed by atoms with van der Waals surface area (Å²) in [6, 6.07) is 11.6. The molecule has 0 unspecified atom stereocenters. The summed E-state index contributed by atoms with van der Waals surface area (Å²) in [5.74, 6) is 0.269. The normalized spacial score (nSPS) is 10.8. The van der Waals surface area contributed by atoms with Crippen molar-refractivity contribution in [1.29, 1.82) is 0 Å². The van der Waals surface area contributed by atoms with Crippen LogP contribution < -0.4 is 4.74 Å². The van der Waals surface area contributed by atoms with Gasteiger partial charge >= 0.3 is 6.09 Å². The molecule has 3 aromatic rings. The number of hydroxylamine groups is 2. The predicted octanol–water partition coefficient (Wildman–Crippen LogP) is 4.17. The number of halogens is 1. The molecule has 0 saturated heterocycles. The summed E-state index contributed by atoms with van der Waals surface area (Å²) in [7, 11) is 1.51. The van der Waals surface area contributed by atoms with Crippen LogP contribution in [0.15, 0.2) is 42.5 Å². The maximum atomic E-state index is 13.1. The molecule has 0 fully saturated rings. The molecule has 27 heavy (non-hydrogen) atoms. The molecule has 8 heteroatoms. The smallest absolute Gasteiger partial charge is 0.431 e. The van der Waals surface area contributed by atoms with Crippen molar-refractivity contribution < 1.29 is 24.6 Å². The van der Waals surface area contributed by atoms with E-state index in [2.05, 4.69) is 0 Å². The Morgan fingerprint density at radius 3 is 2.44 bits per heavy atom. The molecule has 0 spiro atoms. The topological polar surface area (TPSA) is 92.0 Å². The summed E-state index contributed by atoms with van der Waals surface area (Å²) in [5, 5.41) is 20.0. The highest BCUT2D eigenvalue weighted by Gasteiger charge is 2.23. The van der Waals surface area contributed by atoms with Crippen LogP contribution in [-0.4, -0.2) is 39.1 Å². The first-order valence-electron chi connectivity index (χ1n) is 8.01. The molecular weight excluding hydrogens is 372 g/mol. The molecule has 0 aliphatic carbocycles. The average Bonchev–Trinajstić information content (AvgIpc) is 2.92. The molecule has 0 aliphatic rings. The van der Waals surface area contributed by atoms with Gasteiger partial charge in [-0.05, 0) is 49.4 Å². The second kappa shape index (κ2) is 7.30. The highest BCUT2D eigenvalue weighted by molar-refractivity contribution is 6.30. The van der Waals surface area contributed by atoms with Gasteiger partial charge in [0.1, 0.15) is 5.75 Å². The molecule has 2 aromatic carbocycles. The summed E-state index contributed by atoms with van der Waals surface area (Å²) in [6.07, 6.45) is -1.48. The number of amides is 1. The molecule has 2 N–H and O–H groups in total. The highest BCUT2D eigenvalue weighted by Crippen LogP contribution is 2.31. The van der Waals surface area contributed by atoms with Gasteiger partial charge in [0.25, 0.3) is 5.91 Å². The van der Waals surface area contributed by atoms with Gasteiger partial charge in [-0.15, -0.1) is 0 Å². The first-order valence-corrected chi connectivity index (χ1v) is 8.38. The van der Waals surface area contributed by atoms with E-state index >= 15 is 0 Å². The third kappa shape index (κ3) is 3.47. The predicted molar refractivity (Wildman–Crippen MR) is 99.8 cm³/mol. The molecule has 1 heterocycles. The Balaban J connectivity index is 2.20. The van der Waals surface area contributed by atoms with E-state index in [0.717, 1.165) is 0 Å². The van der Waals surface area contributed by atoms with Crippen LogP contribution in [0.25, 0.3) is 10.9 Å². The molecule has 0 atom stereocenters. The minimum atomic E-state index is -1.48. The molecule has 0 aliphatic heterocycles. The number of nitrogens with zero attached hydrogens (tertiary/aromatic N) is 2. The number of ether oxygens (including phenoxy) is 1. The number of fused-ring (bicyclic) bond motifs is 1. The Morgan fingerprint density at radius 1 is 1.19 bits per heavy atom. The van der Waals surface area contributed by atoms with E-state index in [-0.39, 0.29) is 17.5 Å². The molecule has 140 valence electrons. The number of hydrogen-bond acceptors (Lipinski definition) is 4. The van der Waals surface area contributed by atoms with Crippen LogP contribution in [0.3, 0.4) is 0 Å². The molecule has 0 saturated carbocycles. The van der Waals surface area contributed by atoms with Crippen LogP contribution in [0.2, 0.25) is 5.02 Å². The van der Waals surface area contributed by atoms with Crippen molar-refractivity contribution in [3.63, 3.8) is 0 Å². The van der Waals surface area contributed by atoms with Crippen LogP contribution in [0.1, 0.15) is 21.6 Å². The largest absolute Gasteiger partial charge is 0.497 e. The highest BCUT2D eigenvalue weighted by atomic mass is 35.5. The Hall–Kier alpha value is -3.03. The second-order valence-corrected chi connectivity index (χ2v) is 6.37. The summed E-state index contributed by atoms with van der Waals surface area (Å²) in [4.78, 5) is 24.1. The zero-order chi connectivity index (χ0) is 19.7. The molecular formula is C19H17ClN2O5. The summed E-state index contributed by atoms with van der Waals surface area (Å²) >= 11 is 5.89. The van der Waals surface area contributed by atoms with E-state index in [1.54, 1.807) is 49.4 Å². The van der Waals surface area contributed by atoms with Crippen molar-refractivity contribution >= 4 is 34.5 Å². The summed E-state index contributed by atoms with van der Waals surface area (Å²) in [6.45, 7) is 1.41. The third-order valence-electron chi connectivity index (χ3n) is 4.36. The van der Waals surface area contributed by atoms with Crippen LogP contribution >= 0.6 is 11.6 Å². The zero-order valence-electron chi connectivity index (χ0n) is 14.6. The molecule has 3 rings (SSSR count). The van der Waals surface area contributed by atoms with Crippen LogP contribution in [0.5, 0.6) is 5.75 Å². The quantitative estimate of drug-likeness (QED) is 0.517. The Morgan fingerprint density at radius 2 is 1.85 bits per heavy atom. The van der Waals surface area contributed by atoms with Crippen molar-refractivity contribution in [1.82, 2.24) is 9.63 Å². The Bertz CT molecular complexity index is 1030. The van der Waals surface area contributed by atoms with Gasteiger partial charge in [0.15, 0.2) is 0 Å². The first kappa shape index (κ1) is 18.8. The van der Waals surface area contributed by atoms with Gasteiger partial charge in [-0.25, -0.2) is 4.79 Å². The van der Waals surface area contributed by atoms with Gasteiger partial charge in [0, 0.05) is 27.2 Å². The van der Waals surface area contributed by atoms with Gasteiger partial charge in [-0.3, -0.25) is 14.6 Å². The van der Waals surface area contributed by atoms with Gasteiger partial charge in [-0.2, -0.15) is 5.06 Å². The molecule has 0 radical (unpaired) electrons. The Labute approximate surface area is 159 Å². The van der Waals surface area contributed by atoms with Gasteiger partial charge in [-0.1, -0.05) is 11.6 Å². The number of carbonyl (C=O) groups is 2. The standard InChI is InChI=1S/C19H17ClN2O5/c1-11-16(10-21(26)19(24)25)15-9-14(27-2)7-8-17(15)22(11)18(23)12-3-5-13(20)6-4-12/h3-9,26H,10H2,1-2H3,(H,24,25). The van der Waals surface area contributed by atoms with Gasteiger partial charge < -0.3 is 9.84 Å². The summed E-state index contributed by atoms with van der Waals surface area (Å²) < 4.78 is 6.72. The van der Waals surface area contributed by atoms with Gasteiger partial charge in [0.2, 0.25) is 0 Å². The lowest BCUT2D eigenvalue weighted by Gasteiger charge is -2.11. The van der Waals surface area contributed by atoms with Crippen molar-refractivity contribution in [2.24, 2.45) is 0 Å². The maximum Gasteiger partial charge on any atom is 0.431 e. The van der Waals surface area contributed by atoms with Gasteiger partial charge in [0.05, 0.1) is 19.2 Å². The van der Waals surface area contributed by atoms with Crippen LogP contribution in [-0.2, 0) is 6.54 Å². The van der Waals surface area contributed by atoms with Crippen molar-refractivity contribution in [2.75, 3.05) is 7.11 Å². The minimum Gasteiger partial charge on any atom is -0.497 e. The second-order valence-electron chi connectivity index (χ2n) is 5.93. The SMILES string of the molecule is COc1ccc2c(c1)c(CN(O)C(=O)O)c(C)n2C(=O)c1ccc(Cl)cc1. The lowest BCUT2D eigenvalue weighted by atomic mass is 10.1. The van der Waals surface area contributed by atoms with E-state index in [9.17, 15) is 14.8 Å². The molecule has 1 amide bonds. The third-order valence-corrected chi connectivity index (χ3v) is 4.62. The fraction of sp³-hybridized carbons (Fsp3) is 0.158. The van der Waals surface area contributed by atoms with E-state index in [1.807, 2.05) is 0 Å². The average molecular weight is 389 g/mol. The van der Waals surface area contributed by atoms with Crippen LogP contribution in [0.4, 0.5) is 4.79 Å². The van der Waals surface area contributed by atoms with E-state index < -0.39 is 6.09 Å². The number of methoxy groups -OCH3 is 1. The number of benzene rings is 2. The molecule has 1 aromatic heterocycles. The first-order chi connectivity index (χ1) is 12.8. The monoisotopic (exact) mass is 388 g/mol. The van der Waals surface area contributed by atoms with Crippen molar-refractivity contribution in [3.05, 3.63) is 64.3 Å². The van der Waals surface area contributed by atoms with Crippen molar-refractivity contribution in [2.45, 2.75) is 13.5 Å². The lowest BCUT2D eigenvalue weighted by Crippen LogP contribution is -2.25. The van der Waals surface area contributed by atoms with E-state index in [0.29, 0.717) is 38.5 Å². The summed E-state index contributed by atoms with van der Waals surface area (Å²) in [5.41, 5.74) is 2.05. The molecule has 7 nitrogen and oxygen atoms in total. The lowest BCUT2D eigenvalue weighted by molar-refractivity contribution is -0.0708. The van der Waals surface area contributed by atoms with E-state index in [1.165, 1.54) is 11.7 Å². The fourth-order valence-electron chi connectivity index (χ4n) is 2.99. The zero-order valence-corrected chi connectivity index (χ0v) is 15.4. The van der Waals surface area contributed by atoms with Crippen molar-refractivity contribution in [3.8, 4) is 5.75 Å². The fourth-order valence-corrected chi connectivity index (χ4v) is 3.12. The van der Waals surface area contributed by atoms with E-state index in [4.69, 9.17) is 21.4 Å². The number of rotatable bonds is 4. The maximum absolute atomic E-state index is 13.1. The molecule has 0 bridgehead atoms. The number of carbonyl (C=O) groups excluding carboxylic acids is 1.